The van der Waals surface area contributed by atoms with E-state index in [0.717, 1.165) is 17.4 Å². The number of hydrogen-bond acceptors (Lipinski definition) is 3. The number of aryl methyl sites for hydroxylation is 1. The topological polar surface area (TPSA) is 71.3 Å². The monoisotopic (exact) mass is 286 g/mol. The van der Waals surface area contributed by atoms with Crippen molar-refractivity contribution < 1.29 is 14.0 Å². The quantitative estimate of drug-likeness (QED) is 0.901. The van der Waals surface area contributed by atoms with Gasteiger partial charge in [0, 0.05) is 30.8 Å². The summed E-state index contributed by atoms with van der Waals surface area (Å²) in [6, 6.07) is 5.89. The molecule has 0 bridgehead atoms. The van der Waals surface area contributed by atoms with Crippen LogP contribution in [0.2, 0.25) is 0 Å². The van der Waals surface area contributed by atoms with Crippen LogP contribution in [0, 0.1) is 5.92 Å². The molecule has 1 atom stereocenters. The average molecular weight is 286 g/mol. The lowest BCUT2D eigenvalue weighted by molar-refractivity contribution is -0.119. The van der Waals surface area contributed by atoms with Crippen LogP contribution < -0.4 is 10.6 Å². The first kappa shape index (κ1) is 13.7. The average Bonchev–Trinajstić information content (AvgIpc) is 3.10. The van der Waals surface area contributed by atoms with Gasteiger partial charge in [0.1, 0.15) is 11.8 Å². The minimum Gasteiger partial charge on any atom is -0.463 e. The third-order valence-corrected chi connectivity index (χ3v) is 3.90. The highest BCUT2D eigenvalue weighted by Gasteiger charge is 2.22. The van der Waals surface area contributed by atoms with Crippen LogP contribution in [-0.4, -0.2) is 24.9 Å². The van der Waals surface area contributed by atoms with E-state index in [0.29, 0.717) is 25.1 Å². The van der Waals surface area contributed by atoms with E-state index in [1.807, 2.05) is 18.2 Å². The molecule has 0 aliphatic carbocycles. The van der Waals surface area contributed by atoms with E-state index in [4.69, 9.17) is 4.42 Å². The second kappa shape index (κ2) is 5.60. The van der Waals surface area contributed by atoms with E-state index in [9.17, 15) is 9.59 Å². The Morgan fingerprint density at radius 3 is 3.05 bits per heavy atom. The zero-order chi connectivity index (χ0) is 14.8. The summed E-state index contributed by atoms with van der Waals surface area (Å²) in [5.41, 5.74) is 2.44. The largest absolute Gasteiger partial charge is 0.463 e. The molecule has 0 saturated carbocycles. The lowest BCUT2D eigenvalue weighted by Gasteiger charge is -2.08. The molecular weight excluding hydrogens is 268 g/mol. The third kappa shape index (κ3) is 2.77. The van der Waals surface area contributed by atoms with Gasteiger partial charge in [0.15, 0.2) is 0 Å². The zero-order valence-electron chi connectivity index (χ0n) is 11.9. The van der Waals surface area contributed by atoms with Gasteiger partial charge in [-0.1, -0.05) is 13.0 Å². The van der Waals surface area contributed by atoms with Gasteiger partial charge < -0.3 is 15.1 Å². The molecule has 2 heterocycles. The molecule has 1 aliphatic heterocycles. The first-order valence-electron chi connectivity index (χ1n) is 7.22. The van der Waals surface area contributed by atoms with E-state index in [1.54, 1.807) is 0 Å². The Bertz CT molecular complexity index is 690. The lowest BCUT2D eigenvalue weighted by atomic mass is 10.1. The second-order valence-corrected chi connectivity index (χ2v) is 5.42. The Morgan fingerprint density at radius 1 is 1.48 bits per heavy atom. The SMILES string of the molecule is CCc1ccc2occ(C(=O)NC[C@H]3CNC(=O)C3)c2c1. The molecule has 110 valence electrons. The number of rotatable bonds is 4. The fraction of sp³-hybridized carbons (Fsp3) is 0.375. The van der Waals surface area contributed by atoms with Crippen LogP contribution in [0.4, 0.5) is 0 Å². The number of carbonyl (C=O) groups excluding carboxylic acids is 2. The number of nitrogens with one attached hydrogen (secondary N) is 2. The summed E-state index contributed by atoms with van der Waals surface area (Å²) in [6.45, 7) is 3.20. The molecule has 1 aliphatic rings. The van der Waals surface area contributed by atoms with Crippen molar-refractivity contribution in [1.29, 1.82) is 0 Å². The van der Waals surface area contributed by atoms with Crippen molar-refractivity contribution in [1.82, 2.24) is 10.6 Å². The van der Waals surface area contributed by atoms with Crippen LogP contribution in [0.3, 0.4) is 0 Å². The summed E-state index contributed by atoms with van der Waals surface area (Å²) in [6.07, 6.45) is 2.89. The normalized spacial score (nSPS) is 18.0. The molecule has 2 aromatic rings. The summed E-state index contributed by atoms with van der Waals surface area (Å²) >= 11 is 0. The molecule has 2 amide bonds. The highest BCUT2D eigenvalue weighted by Crippen LogP contribution is 2.23. The number of hydrogen-bond donors (Lipinski definition) is 2. The van der Waals surface area contributed by atoms with Crippen molar-refractivity contribution in [3.8, 4) is 0 Å². The summed E-state index contributed by atoms with van der Waals surface area (Å²) < 4.78 is 5.43. The highest BCUT2D eigenvalue weighted by atomic mass is 16.3. The van der Waals surface area contributed by atoms with Gasteiger partial charge in [-0.15, -0.1) is 0 Å². The van der Waals surface area contributed by atoms with Gasteiger partial charge >= 0.3 is 0 Å². The fourth-order valence-corrected chi connectivity index (χ4v) is 2.61. The van der Waals surface area contributed by atoms with E-state index >= 15 is 0 Å². The molecule has 5 heteroatoms. The first-order chi connectivity index (χ1) is 10.2. The van der Waals surface area contributed by atoms with Crippen molar-refractivity contribution >= 4 is 22.8 Å². The minimum atomic E-state index is -0.152. The van der Waals surface area contributed by atoms with Gasteiger partial charge in [-0.2, -0.15) is 0 Å². The molecule has 1 fully saturated rings. The summed E-state index contributed by atoms with van der Waals surface area (Å²) in [5, 5.41) is 6.49. The van der Waals surface area contributed by atoms with Gasteiger partial charge in [0.05, 0.1) is 5.56 Å². The van der Waals surface area contributed by atoms with E-state index in [2.05, 4.69) is 17.6 Å². The lowest BCUT2D eigenvalue weighted by Crippen LogP contribution is -2.30. The number of carbonyl (C=O) groups is 2. The smallest absolute Gasteiger partial charge is 0.255 e. The molecule has 1 saturated heterocycles. The number of amides is 2. The van der Waals surface area contributed by atoms with Crippen molar-refractivity contribution in [2.75, 3.05) is 13.1 Å². The molecule has 1 aromatic heterocycles. The van der Waals surface area contributed by atoms with Gasteiger partial charge in [-0.05, 0) is 24.1 Å². The molecule has 1 aromatic carbocycles. The Balaban J connectivity index is 1.73. The van der Waals surface area contributed by atoms with Gasteiger partial charge in [-0.3, -0.25) is 9.59 Å². The molecule has 3 rings (SSSR count). The van der Waals surface area contributed by atoms with Crippen molar-refractivity contribution in [2.45, 2.75) is 19.8 Å². The van der Waals surface area contributed by atoms with E-state index < -0.39 is 0 Å². The summed E-state index contributed by atoms with van der Waals surface area (Å²) in [4.78, 5) is 23.4. The van der Waals surface area contributed by atoms with Gasteiger partial charge in [0.25, 0.3) is 5.91 Å². The van der Waals surface area contributed by atoms with Crippen molar-refractivity contribution in [3.05, 3.63) is 35.6 Å². The Hall–Kier alpha value is -2.30. The van der Waals surface area contributed by atoms with Crippen LogP contribution >= 0.6 is 0 Å². The maximum atomic E-state index is 12.3. The molecule has 0 radical (unpaired) electrons. The molecule has 2 N–H and O–H groups in total. The third-order valence-electron chi connectivity index (χ3n) is 3.90. The fourth-order valence-electron chi connectivity index (χ4n) is 2.61. The Kier molecular flexibility index (Phi) is 3.64. The van der Waals surface area contributed by atoms with Crippen molar-refractivity contribution in [2.24, 2.45) is 5.92 Å². The zero-order valence-corrected chi connectivity index (χ0v) is 11.9. The van der Waals surface area contributed by atoms with Crippen LogP contribution in [0.25, 0.3) is 11.0 Å². The summed E-state index contributed by atoms with van der Waals surface area (Å²) in [7, 11) is 0. The standard InChI is InChI=1S/C16H18N2O3/c1-2-10-3-4-14-12(5-10)13(9-21-14)16(20)18-8-11-6-15(19)17-7-11/h3-5,9,11H,2,6-8H2,1H3,(H,17,19)(H,18,20)/t11-/m1/s1. The van der Waals surface area contributed by atoms with Crippen LogP contribution in [0.5, 0.6) is 0 Å². The first-order valence-corrected chi connectivity index (χ1v) is 7.22. The maximum absolute atomic E-state index is 12.3. The molecule has 0 spiro atoms. The summed E-state index contributed by atoms with van der Waals surface area (Å²) in [5.74, 6) is 0.0720. The van der Waals surface area contributed by atoms with Crippen LogP contribution in [0.15, 0.2) is 28.9 Å². The predicted octanol–water partition coefficient (Wildman–Crippen LogP) is 1.86. The molecular formula is C16H18N2O3. The van der Waals surface area contributed by atoms with Crippen LogP contribution in [0.1, 0.15) is 29.3 Å². The number of fused-ring (bicyclic) bond motifs is 1. The Morgan fingerprint density at radius 2 is 2.33 bits per heavy atom. The molecule has 0 unspecified atom stereocenters. The number of benzene rings is 1. The minimum absolute atomic E-state index is 0.0515. The van der Waals surface area contributed by atoms with Crippen LogP contribution in [-0.2, 0) is 11.2 Å². The van der Waals surface area contributed by atoms with Crippen molar-refractivity contribution in [3.63, 3.8) is 0 Å². The molecule has 21 heavy (non-hydrogen) atoms. The van der Waals surface area contributed by atoms with E-state index in [1.165, 1.54) is 11.8 Å². The number of furan rings is 1. The Labute approximate surface area is 122 Å². The van der Waals surface area contributed by atoms with Gasteiger partial charge in [-0.25, -0.2) is 0 Å². The maximum Gasteiger partial charge on any atom is 0.255 e. The highest BCUT2D eigenvalue weighted by molar-refractivity contribution is 6.06. The predicted molar refractivity (Wildman–Crippen MR) is 79.0 cm³/mol. The molecule has 5 nitrogen and oxygen atoms in total. The van der Waals surface area contributed by atoms with E-state index in [-0.39, 0.29) is 17.7 Å². The second-order valence-electron chi connectivity index (χ2n) is 5.42. The van der Waals surface area contributed by atoms with Gasteiger partial charge in [0.2, 0.25) is 5.91 Å².